The van der Waals surface area contributed by atoms with Crippen molar-refractivity contribution in [2.45, 2.75) is 57.5 Å². The van der Waals surface area contributed by atoms with Gasteiger partial charge in [0, 0.05) is 18.6 Å². The van der Waals surface area contributed by atoms with Crippen LogP contribution in [0, 0.1) is 0 Å². The number of nitrogens with zero attached hydrogens (tertiary/aromatic N) is 1. The predicted molar refractivity (Wildman–Crippen MR) is 75.1 cm³/mol. The van der Waals surface area contributed by atoms with Crippen molar-refractivity contribution >= 4 is 11.8 Å². The van der Waals surface area contributed by atoms with E-state index in [2.05, 4.69) is 18.1 Å². The lowest BCUT2D eigenvalue weighted by molar-refractivity contribution is 0.154. The van der Waals surface area contributed by atoms with E-state index in [0.29, 0.717) is 6.04 Å². The fraction of sp³-hybridized carbons (Fsp3) is 1.00. The van der Waals surface area contributed by atoms with E-state index >= 15 is 0 Å². The second-order valence-corrected chi connectivity index (χ2v) is 5.91. The molecular formula is C13H28N2S. The van der Waals surface area contributed by atoms with Crippen LogP contribution in [0.2, 0.25) is 0 Å². The molecule has 0 unspecified atom stereocenters. The van der Waals surface area contributed by atoms with E-state index in [-0.39, 0.29) is 0 Å². The average molecular weight is 244 g/mol. The molecule has 1 aliphatic rings. The zero-order valence-corrected chi connectivity index (χ0v) is 11.8. The molecule has 0 saturated heterocycles. The number of likely N-dealkylation sites (N-methyl/N-ethyl adjacent to an activating group) is 1. The third kappa shape index (κ3) is 5.07. The van der Waals surface area contributed by atoms with Gasteiger partial charge in [-0.1, -0.05) is 26.2 Å². The highest BCUT2D eigenvalue weighted by molar-refractivity contribution is 7.98. The van der Waals surface area contributed by atoms with Crippen LogP contribution in [0.25, 0.3) is 0 Å². The van der Waals surface area contributed by atoms with Gasteiger partial charge >= 0.3 is 0 Å². The van der Waals surface area contributed by atoms with E-state index in [1.165, 1.54) is 37.9 Å². The molecule has 0 aromatic carbocycles. The summed E-state index contributed by atoms with van der Waals surface area (Å²) in [5.41, 5.74) is 6.19. The molecule has 1 atom stereocenters. The number of hydrogen-bond acceptors (Lipinski definition) is 3. The van der Waals surface area contributed by atoms with Gasteiger partial charge in [-0.05, 0) is 37.8 Å². The monoisotopic (exact) mass is 244 g/mol. The molecule has 2 N–H and O–H groups in total. The van der Waals surface area contributed by atoms with E-state index < -0.39 is 0 Å². The van der Waals surface area contributed by atoms with Gasteiger partial charge in [0.2, 0.25) is 0 Å². The summed E-state index contributed by atoms with van der Waals surface area (Å²) in [6.07, 6.45) is 10.4. The first-order valence-corrected chi connectivity index (χ1v) is 8.15. The molecule has 0 aliphatic heterocycles. The first-order chi connectivity index (χ1) is 7.77. The highest BCUT2D eigenvalue weighted by Crippen LogP contribution is 2.22. The molecule has 0 amide bonds. The maximum Gasteiger partial charge on any atom is 0.0175 e. The van der Waals surface area contributed by atoms with Crippen molar-refractivity contribution in [1.29, 1.82) is 0 Å². The van der Waals surface area contributed by atoms with Crippen molar-refractivity contribution in [3.63, 3.8) is 0 Å². The summed E-state index contributed by atoms with van der Waals surface area (Å²) in [7, 11) is 0. The van der Waals surface area contributed by atoms with E-state index in [0.717, 1.165) is 25.6 Å². The quantitative estimate of drug-likeness (QED) is 0.746. The number of rotatable bonds is 7. The summed E-state index contributed by atoms with van der Waals surface area (Å²) in [5, 5.41) is 0. The van der Waals surface area contributed by atoms with Crippen molar-refractivity contribution in [3.8, 4) is 0 Å². The maximum atomic E-state index is 6.19. The lowest BCUT2D eigenvalue weighted by atomic mass is 9.94. The molecule has 16 heavy (non-hydrogen) atoms. The molecule has 1 saturated carbocycles. The van der Waals surface area contributed by atoms with Crippen molar-refractivity contribution in [2.24, 2.45) is 5.73 Å². The lowest BCUT2D eigenvalue weighted by Crippen LogP contribution is -2.44. The van der Waals surface area contributed by atoms with Crippen LogP contribution in [-0.4, -0.2) is 42.1 Å². The standard InChI is InChI=1S/C13H28N2S/c1-3-15(11-12(14)9-10-16-2)13-7-5-4-6-8-13/h12-13H,3-11,14H2,1-2H3/t12-/m0/s1. The average Bonchev–Trinajstić information content (AvgIpc) is 2.34. The minimum absolute atomic E-state index is 0.370. The second-order valence-electron chi connectivity index (χ2n) is 4.92. The highest BCUT2D eigenvalue weighted by atomic mass is 32.2. The molecule has 0 aromatic heterocycles. The van der Waals surface area contributed by atoms with Gasteiger partial charge in [-0.3, -0.25) is 4.90 Å². The van der Waals surface area contributed by atoms with Crippen molar-refractivity contribution in [2.75, 3.05) is 25.1 Å². The molecule has 1 fully saturated rings. The molecule has 1 rings (SSSR count). The van der Waals surface area contributed by atoms with Crippen LogP contribution < -0.4 is 5.73 Å². The first-order valence-electron chi connectivity index (χ1n) is 6.76. The van der Waals surface area contributed by atoms with Crippen LogP contribution in [0.1, 0.15) is 45.4 Å². The Morgan fingerprint density at radius 1 is 1.31 bits per heavy atom. The Bertz CT molecular complexity index is 169. The molecule has 0 radical (unpaired) electrons. The molecule has 0 aromatic rings. The number of thioether (sulfide) groups is 1. The normalized spacial score (nSPS) is 20.2. The zero-order chi connectivity index (χ0) is 11.8. The molecule has 2 nitrogen and oxygen atoms in total. The summed E-state index contributed by atoms with van der Waals surface area (Å²) >= 11 is 1.90. The van der Waals surface area contributed by atoms with Crippen LogP contribution in [0.15, 0.2) is 0 Å². The Hall–Kier alpha value is 0.270. The smallest absolute Gasteiger partial charge is 0.0175 e. The Morgan fingerprint density at radius 3 is 2.56 bits per heavy atom. The Morgan fingerprint density at radius 2 is 2.00 bits per heavy atom. The Kier molecular flexibility index (Phi) is 7.50. The molecular weight excluding hydrogens is 216 g/mol. The second kappa shape index (κ2) is 8.37. The number of hydrogen-bond donors (Lipinski definition) is 1. The van der Waals surface area contributed by atoms with Crippen LogP contribution in [0.4, 0.5) is 0 Å². The Balaban J connectivity index is 2.29. The Labute approximate surface area is 105 Å². The molecule has 0 spiro atoms. The lowest BCUT2D eigenvalue weighted by Gasteiger charge is -2.35. The van der Waals surface area contributed by atoms with Gasteiger partial charge in [-0.15, -0.1) is 0 Å². The van der Waals surface area contributed by atoms with Gasteiger partial charge in [0.05, 0.1) is 0 Å². The summed E-state index contributed by atoms with van der Waals surface area (Å²) in [6.45, 7) is 4.54. The third-order valence-electron chi connectivity index (χ3n) is 3.66. The van der Waals surface area contributed by atoms with Crippen LogP contribution in [0.3, 0.4) is 0 Å². The molecule has 1 aliphatic carbocycles. The largest absolute Gasteiger partial charge is 0.327 e. The van der Waals surface area contributed by atoms with Gasteiger partial charge in [0.1, 0.15) is 0 Å². The van der Waals surface area contributed by atoms with Crippen molar-refractivity contribution in [1.82, 2.24) is 4.90 Å². The SMILES string of the molecule is CCN(C[C@@H](N)CCSC)C1CCCCC1. The molecule has 3 heteroatoms. The first kappa shape index (κ1) is 14.3. The van der Waals surface area contributed by atoms with E-state index in [4.69, 9.17) is 5.73 Å². The van der Waals surface area contributed by atoms with Crippen LogP contribution >= 0.6 is 11.8 Å². The van der Waals surface area contributed by atoms with Gasteiger partial charge in [-0.2, -0.15) is 11.8 Å². The van der Waals surface area contributed by atoms with Gasteiger partial charge < -0.3 is 5.73 Å². The van der Waals surface area contributed by atoms with Crippen LogP contribution in [-0.2, 0) is 0 Å². The van der Waals surface area contributed by atoms with Crippen molar-refractivity contribution in [3.05, 3.63) is 0 Å². The predicted octanol–water partition coefficient (Wildman–Crippen LogP) is 2.72. The zero-order valence-electron chi connectivity index (χ0n) is 11.0. The highest BCUT2D eigenvalue weighted by Gasteiger charge is 2.21. The fourth-order valence-corrected chi connectivity index (χ4v) is 3.18. The third-order valence-corrected chi connectivity index (χ3v) is 4.30. The summed E-state index contributed by atoms with van der Waals surface area (Å²) in [5.74, 6) is 1.20. The van der Waals surface area contributed by atoms with Gasteiger partial charge in [0.15, 0.2) is 0 Å². The van der Waals surface area contributed by atoms with E-state index in [9.17, 15) is 0 Å². The number of nitrogens with two attached hydrogens (primary N) is 1. The molecule has 0 heterocycles. The van der Waals surface area contributed by atoms with Gasteiger partial charge in [-0.25, -0.2) is 0 Å². The minimum atomic E-state index is 0.370. The molecule has 0 bridgehead atoms. The fourth-order valence-electron chi connectivity index (χ4n) is 2.64. The van der Waals surface area contributed by atoms with Crippen molar-refractivity contribution < 1.29 is 0 Å². The molecule has 96 valence electrons. The van der Waals surface area contributed by atoms with Crippen LogP contribution in [0.5, 0.6) is 0 Å². The maximum absolute atomic E-state index is 6.19. The van der Waals surface area contributed by atoms with E-state index in [1.807, 2.05) is 11.8 Å². The topological polar surface area (TPSA) is 29.3 Å². The van der Waals surface area contributed by atoms with Gasteiger partial charge in [0.25, 0.3) is 0 Å². The summed E-state index contributed by atoms with van der Waals surface area (Å²) in [6, 6.07) is 1.19. The van der Waals surface area contributed by atoms with E-state index in [1.54, 1.807) is 0 Å². The summed E-state index contributed by atoms with van der Waals surface area (Å²) < 4.78 is 0. The minimum Gasteiger partial charge on any atom is -0.327 e. The summed E-state index contributed by atoms with van der Waals surface area (Å²) in [4.78, 5) is 2.62.